The van der Waals surface area contributed by atoms with Crippen LogP contribution in [-0.2, 0) is 0 Å². The summed E-state index contributed by atoms with van der Waals surface area (Å²) in [6.45, 7) is 4.25. The lowest BCUT2D eigenvalue weighted by atomic mass is 9.91. The molecule has 0 amide bonds. The van der Waals surface area contributed by atoms with Gasteiger partial charge in [-0.3, -0.25) is 0 Å². The van der Waals surface area contributed by atoms with E-state index in [9.17, 15) is 5.26 Å². The SMILES string of the molecule is CC(C)Nc1ccc(C2C(C#N)c3ccc(Oc4ncccn4)cc3N2C2CC2)cc1. The van der Waals surface area contributed by atoms with E-state index in [4.69, 9.17) is 4.74 Å². The van der Waals surface area contributed by atoms with Gasteiger partial charge in [0.25, 0.3) is 0 Å². The van der Waals surface area contributed by atoms with E-state index < -0.39 is 0 Å². The molecule has 6 heteroatoms. The molecule has 1 N–H and O–H groups in total. The topological polar surface area (TPSA) is 74.1 Å². The molecule has 0 saturated heterocycles. The highest BCUT2D eigenvalue weighted by atomic mass is 16.5. The first-order valence-electron chi connectivity index (χ1n) is 10.8. The highest BCUT2D eigenvalue weighted by Crippen LogP contribution is 2.54. The van der Waals surface area contributed by atoms with Crippen LogP contribution in [0.25, 0.3) is 0 Å². The molecular formula is C25H25N5O. The van der Waals surface area contributed by atoms with Crippen molar-refractivity contribution in [2.24, 2.45) is 0 Å². The molecule has 1 saturated carbocycles. The molecule has 156 valence electrons. The number of hydrogen-bond donors (Lipinski definition) is 1. The van der Waals surface area contributed by atoms with Crippen molar-refractivity contribution in [2.75, 3.05) is 10.2 Å². The van der Waals surface area contributed by atoms with Crippen LogP contribution >= 0.6 is 0 Å². The third kappa shape index (κ3) is 3.79. The third-order valence-corrected chi connectivity index (χ3v) is 5.77. The minimum atomic E-state index is -0.221. The zero-order chi connectivity index (χ0) is 21.4. The number of anilines is 2. The van der Waals surface area contributed by atoms with E-state index in [1.54, 1.807) is 18.5 Å². The standard InChI is InChI=1S/C25H25N5O/c1-16(2)29-18-6-4-17(5-7-18)24-22(15-26)21-11-10-20(31-25-27-12-3-13-28-25)14-23(21)30(24)19-8-9-19/h3-7,10-14,16,19,22,24,29H,8-9H2,1-2H3. The van der Waals surface area contributed by atoms with Gasteiger partial charge in [-0.2, -0.15) is 5.26 Å². The van der Waals surface area contributed by atoms with Gasteiger partial charge in [0.05, 0.1) is 18.0 Å². The molecule has 3 aromatic rings. The minimum Gasteiger partial charge on any atom is -0.424 e. The van der Waals surface area contributed by atoms with E-state index >= 15 is 0 Å². The van der Waals surface area contributed by atoms with E-state index in [2.05, 4.69) is 64.4 Å². The molecule has 1 aromatic heterocycles. The molecular weight excluding hydrogens is 386 g/mol. The van der Waals surface area contributed by atoms with Gasteiger partial charge in [-0.25, -0.2) is 9.97 Å². The molecule has 1 aliphatic carbocycles. The van der Waals surface area contributed by atoms with Gasteiger partial charge < -0.3 is 15.0 Å². The van der Waals surface area contributed by atoms with Crippen molar-refractivity contribution in [2.45, 2.75) is 50.7 Å². The Morgan fingerprint density at radius 3 is 2.48 bits per heavy atom. The Bertz CT molecular complexity index is 1100. The lowest BCUT2D eigenvalue weighted by molar-refractivity contribution is 0.441. The number of aromatic nitrogens is 2. The molecule has 2 aliphatic rings. The molecule has 0 spiro atoms. The first kappa shape index (κ1) is 19.4. The normalized spacial score (nSPS) is 19.7. The molecule has 5 rings (SSSR count). The van der Waals surface area contributed by atoms with Gasteiger partial charge >= 0.3 is 6.01 Å². The fourth-order valence-corrected chi connectivity index (χ4v) is 4.38. The zero-order valence-corrected chi connectivity index (χ0v) is 17.7. The summed E-state index contributed by atoms with van der Waals surface area (Å²) in [6, 6.07) is 20.0. The second-order valence-corrected chi connectivity index (χ2v) is 8.47. The van der Waals surface area contributed by atoms with Crippen molar-refractivity contribution in [3.8, 4) is 17.8 Å². The highest BCUT2D eigenvalue weighted by Gasteiger charge is 2.46. The fraction of sp³-hybridized carbons (Fsp3) is 0.320. The maximum atomic E-state index is 10.1. The summed E-state index contributed by atoms with van der Waals surface area (Å²) in [5.41, 5.74) is 4.40. The van der Waals surface area contributed by atoms with Gasteiger partial charge in [-0.15, -0.1) is 0 Å². The van der Waals surface area contributed by atoms with Crippen molar-refractivity contribution in [3.63, 3.8) is 0 Å². The van der Waals surface area contributed by atoms with E-state index in [-0.39, 0.29) is 12.0 Å². The first-order chi connectivity index (χ1) is 15.1. The molecule has 2 heterocycles. The van der Waals surface area contributed by atoms with E-state index in [1.807, 2.05) is 18.2 Å². The number of fused-ring (bicyclic) bond motifs is 1. The van der Waals surface area contributed by atoms with Gasteiger partial charge in [-0.05, 0) is 62.1 Å². The quantitative estimate of drug-likeness (QED) is 0.584. The summed E-state index contributed by atoms with van der Waals surface area (Å²) < 4.78 is 5.87. The average molecular weight is 412 g/mol. The number of rotatable bonds is 6. The largest absolute Gasteiger partial charge is 0.424 e. The maximum absolute atomic E-state index is 10.1. The van der Waals surface area contributed by atoms with Crippen LogP contribution in [-0.4, -0.2) is 22.1 Å². The Kier molecular flexibility index (Phi) is 4.95. The van der Waals surface area contributed by atoms with E-state index in [0.29, 0.717) is 23.8 Å². The Hall–Kier alpha value is -3.59. The van der Waals surface area contributed by atoms with Gasteiger partial charge in [0, 0.05) is 41.9 Å². The van der Waals surface area contributed by atoms with Crippen molar-refractivity contribution >= 4 is 11.4 Å². The van der Waals surface area contributed by atoms with E-state index in [1.165, 1.54) is 0 Å². The number of ether oxygens (including phenoxy) is 1. The zero-order valence-electron chi connectivity index (χ0n) is 17.7. The van der Waals surface area contributed by atoms with Crippen LogP contribution in [0.4, 0.5) is 11.4 Å². The number of nitrogens with one attached hydrogen (secondary N) is 1. The molecule has 31 heavy (non-hydrogen) atoms. The third-order valence-electron chi connectivity index (χ3n) is 5.77. The number of nitrogens with zero attached hydrogens (tertiary/aromatic N) is 4. The summed E-state index contributed by atoms with van der Waals surface area (Å²) in [7, 11) is 0. The lowest BCUT2D eigenvalue weighted by Crippen LogP contribution is -2.28. The van der Waals surface area contributed by atoms with Crippen molar-refractivity contribution < 1.29 is 4.74 Å². The Labute approximate surface area is 182 Å². The molecule has 1 aliphatic heterocycles. The molecule has 0 bridgehead atoms. The highest BCUT2D eigenvalue weighted by molar-refractivity contribution is 5.69. The van der Waals surface area contributed by atoms with Crippen LogP contribution in [0.5, 0.6) is 11.8 Å². The van der Waals surface area contributed by atoms with Crippen molar-refractivity contribution in [3.05, 3.63) is 72.1 Å². The van der Waals surface area contributed by atoms with Crippen LogP contribution in [0.15, 0.2) is 60.9 Å². The van der Waals surface area contributed by atoms with Crippen molar-refractivity contribution in [1.29, 1.82) is 5.26 Å². The maximum Gasteiger partial charge on any atom is 0.321 e. The second kappa shape index (κ2) is 7.92. The molecule has 2 unspecified atom stereocenters. The smallest absolute Gasteiger partial charge is 0.321 e. The molecule has 2 atom stereocenters. The van der Waals surface area contributed by atoms with E-state index in [0.717, 1.165) is 35.3 Å². The van der Waals surface area contributed by atoms with Crippen LogP contribution in [0.3, 0.4) is 0 Å². The summed E-state index contributed by atoms with van der Waals surface area (Å²) in [4.78, 5) is 10.7. The number of nitriles is 1. The van der Waals surface area contributed by atoms with Crippen LogP contribution in [0, 0.1) is 11.3 Å². The Balaban J connectivity index is 1.49. The minimum absolute atomic E-state index is 0.00354. The summed E-state index contributed by atoms with van der Waals surface area (Å²) in [5, 5.41) is 13.5. The number of benzene rings is 2. The summed E-state index contributed by atoms with van der Waals surface area (Å²) in [5.74, 6) is 0.464. The van der Waals surface area contributed by atoms with Gasteiger partial charge in [-0.1, -0.05) is 18.2 Å². The van der Waals surface area contributed by atoms with Gasteiger partial charge in [0.1, 0.15) is 5.75 Å². The molecule has 0 radical (unpaired) electrons. The Morgan fingerprint density at radius 2 is 1.84 bits per heavy atom. The molecule has 6 nitrogen and oxygen atoms in total. The number of hydrogen-bond acceptors (Lipinski definition) is 6. The summed E-state index contributed by atoms with van der Waals surface area (Å²) >= 11 is 0. The molecule has 1 fully saturated rings. The Morgan fingerprint density at radius 1 is 1.10 bits per heavy atom. The van der Waals surface area contributed by atoms with Crippen molar-refractivity contribution in [1.82, 2.24) is 9.97 Å². The van der Waals surface area contributed by atoms with Crippen LogP contribution in [0.2, 0.25) is 0 Å². The predicted octanol–water partition coefficient (Wildman–Crippen LogP) is 5.42. The van der Waals surface area contributed by atoms with Gasteiger partial charge in [0.15, 0.2) is 0 Å². The predicted molar refractivity (Wildman–Crippen MR) is 120 cm³/mol. The monoisotopic (exact) mass is 411 g/mol. The first-order valence-corrected chi connectivity index (χ1v) is 10.8. The van der Waals surface area contributed by atoms with Crippen LogP contribution in [0.1, 0.15) is 49.8 Å². The second-order valence-electron chi connectivity index (χ2n) is 8.47. The lowest BCUT2D eigenvalue weighted by Gasteiger charge is -2.29. The fourth-order valence-electron chi connectivity index (χ4n) is 4.38. The van der Waals surface area contributed by atoms with Crippen LogP contribution < -0.4 is 15.0 Å². The summed E-state index contributed by atoms with van der Waals surface area (Å²) in [6.07, 6.45) is 5.61. The average Bonchev–Trinajstić information content (AvgIpc) is 3.56. The molecule has 2 aromatic carbocycles. The van der Waals surface area contributed by atoms with Gasteiger partial charge in [0.2, 0.25) is 0 Å².